The first-order valence-corrected chi connectivity index (χ1v) is 5.13. The second kappa shape index (κ2) is 4.23. The number of hydrogen-bond donors (Lipinski definition) is 0. The Bertz CT molecular complexity index is 435. The summed E-state index contributed by atoms with van der Waals surface area (Å²) in [4.78, 5) is 11.7. The largest absolute Gasteiger partial charge is 0.492 e. The Morgan fingerprint density at radius 2 is 1.88 bits per heavy atom. The van der Waals surface area contributed by atoms with E-state index in [1.165, 1.54) is 13.2 Å². The maximum atomic E-state index is 11.7. The molecule has 1 saturated heterocycles. The first-order valence-electron chi connectivity index (χ1n) is 5.13. The first-order chi connectivity index (χ1) is 7.67. The SMILES string of the molecule is COc1c(C2(C)OCCO2)ccccc1=O. The summed E-state index contributed by atoms with van der Waals surface area (Å²) in [6.07, 6.45) is 0. The van der Waals surface area contributed by atoms with Crippen molar-refractivity contribution in [2.24, 2.45) is 0 Å². The van der Waals surface area contributed by atoms with E-state index in [4.69, 9.17) is 14.2 Å². The van der Waals surface area contributed by atoms with E-state index >= 15 is 0 Å². The third-order valence-corrected chi connectivity index (χ3v) is 2.62. The minimum atomic E-state index is -0.885. The molecule has 86 valence electrons. The molecular weight excluding hydrogens is 208 g/mol. The van der Waals surface area contributed by atoms with Gasteiger partial charge in [0.15, 0.2) is 11.5 Å². The number of methoxy groups -OCH3 is 1. The van der Waals surface area contributed by atoms with Crippen molar-refractivity contribution in [3.8, 4) is 5.75 Å². The van der Waals surface area contributed by atoms with E-state index in [9.17, 15) is 4.79 Å². The van der Waals surface area contributed by atoms with Gasteiger partial charge in [-0.3, -0.25) is 4.79 Å². The van der Waals surface area contributed by atoms with E-state index in [0.717, 1.165) is 0 Å². The topological polar surface area (TPSA) is 44.8 Å². The number of rotatable bonds is 2. The monoisotopic (exact) mass is 222 g/mol. The van der Waals surface area contributed by atoms with Gasteiger partial charge in [0, 0.05) is 0 Å². The van der Waals surface area contributed by atoms with Crippen LogP contribution in [0.1, 0.15) is 12.5 Å². The molecule has 1 aromatic carbocycles. The molecular formula is C12H14O4. The van der Waals surface area contributed by atoms with Crippen molar-refractivity contribution in [3.63, 3.8) is 0 Å². The molecule has 16 heavy (non-hydrogen) atoms. The summed E-state index contributed by atoms with van der Waals surface area (Å²) in [7, 11) is 1.47. The molecule has 1 aliphatic rings. The molecule has 0 aliphatic carbocycles. The molecule has 0 aromatic heterocycles. The Balaban J connectivity index is 2.60. The zero-order chi connectivity index (χ0) is 11.6. The second-order valence-electron chi connectivity index (χ2n) is 3.67. The molecule has 0 radical (unpaired) electrons. The van der Waals surface area contributed by atoms with Gasteiger partial charge in [0.05, 0.1) is 25.9 Å². The van der Waals surface area contributed by atoms with Crippen molar-refractivity contribution in [3.05, 3.63) is 40.1 Å². The van der Waals surface area contributed by atoms with Crippen molar-refractivity contribution >= 4 is 0 Å². The van der Waals surface area contributed by atoms with Crippen LogP contribution in [0.3, 0.4) is 0 Å². The lowest BCUT2D eigenvalue weighted by Gasteiger charge is -2.23. The molecule has 0 N–H and O–H groups in total. The average molecular weight is 222 g/mol. The summed E-state index contributed by atoms with van der Waals surface area (Å²) in [6.45, 7) is 2.83. The van der Waals surface area contributed by atoms with Crippen LogP contribution in [0.15, 0.2) is 29.1 Å². The van der Waals surface area contributed by atoms with E-state index in [2.05, 4.69) is 0 Å². The Kier molecular flexibility index (Phi) is 2.94. The highest BCUT2D eigenvalue weighted by Crippen LogP contribution is 2.34. The zero-order valence-corrected chi connectivity index (χ0v) is 9.36. The highest BCUT2D eigenvalue weighted by molar-refractivity contribution is 5.35. The Labute approximate surface area is 93.8 Å². The fourth-order valence-electron chi connectivity index (χ4n) is 1.82. The van der Waals surface area contributed by atoms with Crippen LogP contribution in [0.4, 0.5) is 0 Å². The number of hydrogen-bond acceptors (Lipinski definition) is 4. The summed E-state index contributed by atoms with van der Waals surface area (Å²) in [5.74, 6) is -0.613. The van der Waals surface area contributed by atoms with Crippen molar-refractivity contribution in [2.45, 2.75) is 12.7 Å². The van der Waals surface area contributed by atoms with Crippen LogP contribution >= 0.6 is 0 Å². The lowest BCUT2D eigenvalue weighted by Crippen LogP contribution is -2.24. The van der Waals surface area contributed by atoms with Gasteiger partial charge in [-0.1, -0.05) is 12.1 Å². The number of ether oxygens (including phenoxy) is 3. The lowest BCUT2D eigenvalue weighted by molar-refractivity contribution is -0.150. The second-order valence-corrected chi connectivity index (χ2v) is 3.67. The minimum absolute atomic E-state index is 0.178. The van der Waals surface area contributed by atoms with Gasteiger partial charge >= 0.3 is 0 Å². The van der Waals surface area contributed by atoms with Gasteiger partial charge < -0.3 is 14.2 Å². The van der Waals surface area contributed by atoms with E-state index < -0.39 is 5.79 Å². The first kappa shape index (κ1) is 11.1. The quantitative estimate of drug-likeness (QED) is 0.756. The van der Waals surface area contributed by atoms with Crippen molar-refractivity contribution < 1.29 is 14.2 Å². The highest BCUT2D eigenvalue weighted by Gasteiger charge is 2.36. The molecule has 0 atom stereocenters. The molecule has 0 spiro atoms. The van der Waals surface area contributed by atoms with Crippen LogP contribution in [0.5, 0.6) is 5.75 Å². The van der Waals surface area contributed by atoms with Crippen LogP contribution in [-0.4, -0.2) is 20.3 Å². The molecule has 4 nitrogen and oxygen atoms in total. The molecule has 1 aromatic rings. The van der Waals surface area contributed by atoms with Crippen LogP contribution in [0, 0.1) is 0 Å². The van der Waals surface area contributed by atoms with E-state index in [0.29, 0.717) is 18.8 Å². The highest BCUT2D eigenvalue weighted by atomic mass is 16.7. The predicted molar refractivity (Wildman–Crippen MR) is 58.5 cm³/mol. The van der Waals surface area contributed by atoms with Crippen LogP contribution in [0.2, 0.25) is 0 Å². The summed E-state index contributed by atoms with van der Waals surface area (Å²) < 4.78 is 16.2. The predicted octanol–water partition coefficient (Wildman–Crippen LogP) is 1.27. The van der Waals surface area contributed by atoms with Crippen LogP contribution in [0.25, 0.3) is 0 Å². The Morgan fingerprint density at radius 3 is 2.50 bits per heavy atom. The van der Waals surface area contributed by atoms with E-state index in [1.807, 2.05) is 0 Å². The molecule has 1 aliphatic heterocycles. The van der Waals surface area contributed by atoms with Crippen molar-refractivity contribution in [2.75, 3.05) is 20.3 Å². The van der Waals surface area contributed by atoms with Gasteiger partial charge in [0.2, 0.25) is 5.43 Å². The van der Waals surface area contributed by atoms with Gasteiger partial charge in [-0.05, 0) is 19.1 Å². The fraction of sp³-hybridized carbons (Fsp3) is 0.417. The molecule has 4 heteroatoms. The maximum Gasteiger partial charge on any atom is 0.220 e. The van der Waals surface area contributed by atoms with Gasteiger partial charge in [-0.2, -0.15) is 0 Å². The normalized spacial score (nSPS) is 18.4. The fourth-order valence-corrected chi connectivity index (χ4v) is 1.82. The maximum absolute atomic E-state index is 11.7. The smallest absolute Gasteiger partial charge is 0.220 e. The summed E-state index contributed by atoms with van der Waals surface area (Å²) in [5, 5.41) is 0. The molecule has 0 bridgehead atoms. The molecule has 0 unspecified atom stereocenters. The van der Waals surface area contributed by atoms with Gasteiger partial charge in [0.1, 0.15) is 0 Å². The molecule has 0 amide bonds. The van der Waals surface area contributed by atoms with E-state index in [1.54, 1.807) is 25.1 Å². The third kappa shape index (κ3) is 1.81. The average Bonchev–Trinajstić information content (AvgIpc) is 2.61. The molecule has 1 fully saturated rings. The van der Waals surface area contributed by atoms with Crippen LogP contribution in [-0.2, 0) is 15.3 Å². The van der Waals surface area contributed by atoms with E-state index in [-0.39, 0.29) is 11.2 Å². The zero-order valence-electron chi connectivity index (χ0n) is 9.36. The van der Waals surface area contributed by atoms with Gasteiger partial charge in [0.25, 0.3) is 0 Å². The minimum Gasteiger partial charge on any atom is -0.492 e. The van der Waals surface area contributed by atoms with Crippen molar-refractivity contribution in [1.29, 1.82) is 0 Å². The summed E-state index contributed by atoms with van der Waals surface area (Å²) in [6, 6.07) is 6.69. The Morgan fingerprint density at radius 1 is 1.25 bits per heavy atom. The van der Waals surface area contributed by atoms with Crippen LogP contribution < -0.4 is 10.2 Å². The standard InChI is InChI=1S/C12H14O4/c1-12(15-7-8-16-12)9-5-3-4-6-10(13)11(9)14-2/h3-6H,7-8H2,1-2H3. The molecule has 0 saturated carbocycles. The Hall–Kier alpha value is -1.39. The van der Waals surface area contributed by atoms with Gasteiger partial charge in [-0.15, -0.1) is 0 Å². The summed E-state index contributed by atoms with van der Waals surface area (Å²) in [5.41, 5.74) is 0.449. The summed E-state index contributed by atoms with van der Waals surface area (Å²) >= 11 is 0. The van der Waals surface area contributed by atoms with Gasteiger partial charge in [-0.25, -0.2) is 0 Å². The van der Waals surface area contributed by atoms with Crippen molar-refractivity contribution in [1.82, 2.24) is 0 Å². The molecule has 1 heterocycles. The lowest BCUT2D eigenvalue weighted by atomic mass is 10.1. The third-order valence-electron chi connectivity index (χ3n) is 2.62. The molecule has 2 rings (SSSR count).